The van der Waals surface area contributed by atoms with Gasteiger partial charge in [0.15, 0.2) is 0 Å². The van der Waals surface area contributed by atoms with Crippen molar-refractivity contribution >= 4 is 71.2 Å². The Morgan fingerprint density at radius 1 is 0.290 bits per heavy atom. The third-order valence-electron chi connectivity index (χ3n) is 12.5. The van der Waals surface area contributed by atoms with E-state index in [4.69, 9.17) is 0 Å². The molecule has 2 nitrogen and oxygen atoms in total. The Morgan fingerprint density at radius 3 is 1.63 bits per heavy atom. The van der Waals surface area contributed by atoms with Crippen molar-refractivity contribution in [2.24, 2.45) is 0 Å². The molecule has 12 rings (SSSR count). The molecule has 0 N–H and O–H groups in total. The van der Waals surface area contributed by atoms with Crippen LogP contribution >= 0.6 is 0 Å². The average molecular weight is 789 g/mol. The lowest BCUT2D eigenvalue weighted by molar-refractivity contribution is 1.18. The molecule has 0 radical (unpaired) electrons. The topological polar surface area (TPSA) is 8.17 Å². The Morgan fingerprint density at radius 2 is 0.871 bits per heavy atom. The van der Waals surface area contributed by atoms with E-state index in [0.717, 1.165) is 28.3 Å². The first-order valence-corrected chi connectivity index (χ1v) is 21.3. The second-order valence-electron chi connectivity index (χ2n) is 16.1. The Kier molecular flexibility index (Phi) is 8.53. The van der Waals surface area contributed by atoms with Crippen molar-refractivity contribution in [3.05, 3.63) is 243 Å². The molecule has 0 saturated heterocycles. The molecule has 0 fully saturated rings. The maximum Gasteiger partial charge on any atom is 0.0547 e. The summed E-state index contributed by atoms with van der Waals surface area (Å²) in [7, 11) is 0. The number of nitrogens with zero attached hydrogens (tertiary/aromatic N) is 2. The Labute approximate surface area is 360 Å². The summed E-state index contributed by atoms with van der Waals surface area (Å²) in [5.41, 5.74) is 13.9. The lowest BCUT2D eigenvalue weighted by atomic mass is 9.96. The van der Waals surface area contributed by atoms with Crippen molar-refractivity contribution in [2.45, 2.75) is 0 Å². The maximum absolute atomic E-state index is 2.47. The first kappa shape index (κ1) is 35.7. The molecule has 0 amide bonds. The van der Waals surface area contributed by atoms with Gasteiger partial charge in [-0.2, -0.15) is 0 Å². The summed E-state index contributed by atoms with van der Waals surface area (Å²) in [6.07, 6.45) is 0. The van der Waals surface area contributed by atoms with Crippen molar-refractivity contribution in [1.82, 2.24) is 4.57 Å². The third kappa shape index (κ3) is 5.96. The summed E-state index contributed by atoms with van der Waals surface area (Å²) in [6.45, 7) is 0. The molecule has 1 heterocycles. The highest BCUT2D eigenvalue weighted by Gasteiger charge is 2.21. The summed E-state index contributed by atoms with van der Waals surface area (Å²) in [6, 6.07) is 88.5. The smallest absolute Gasteiger partial charge is 0.0547 e. The first-order valence-electron chi connectivity index (χ1n) is 21.3. The van der Waals surface area contributed by atoms with Gasteiger partial charge in [-0.1, -0.05) is 188 Å². The van der Waals surface area contributed by atoms with Gasteiger partial charge >= 0.3 is 0 Å². The quantitative estimate of drug-likeness (QED) is 0.146. The van der Waals surface area contributed by atoms with Gasteiger partial charge in [0.05, 0.1) is 22.4 Å². The average Bonchev–Trinajstić information content (AvgIpc) is 3.69. The highest BCUT2D eigenvalue weighted by molar-refractivity contribution is 6.21. The summed E-state index contributed by atoms with van der Waals surface area (Å²) in [5.74, 6) is 0. The van der Waals surface area contributed by atoms with Crippen LogP contribution in [0.25, 0.3) is 93.2 Å². The van der Waals surface area contributed by atoms with E-state index in [1.54, 1.807) is 0 Å². The first-order chi connectivity index (χ1) is 30.8. The Balaban J connectivity index is 1.08. The minimum Gasteiger partial charge on any atom is -0.310 e. The molecule has 290 valence electrons. The van der Waals surface area contributed by atoms with Crippen LogP contribution in [0.2, 0.25) is 0 Å². The lowest BCUT2D eigenvalue weighted by Crippen LogP contribution is -2.11. The van der Waals surface area contributed by atoms with E-state index in [1.165, 1.54) is 81.9 Å². The van der Waals surface area contributed by atoms with Gasteiger partial charge in [0, 0.05) is 33.1 Å². The predicted octanol–water partition coefficient (Wildman–Crippen LogP) is 16.7. The van der Waals surface area contributed by atoms with Crippen LogP contribution in [0.15, 0.2) is 243 Å². The molecule has 0 atom stereocenters. The highest BCUT2D eigenvalue weighted by Crippen LogP contribution is 2.45. The molecule has 0 spiro atoms. The Hall–Kier alpha value is -8.20. The zero-order valence-electron chi connectivity index (χ0n) is 34.0. The number of anilines is 3. The molecule has 0 aliphatic heterocycles. The SMILES string of the molecule is c1ccc(-c2cccc(N(c3ccc(-c4cc(-c5ccccc5)ccc4-n4c5ccccc5c5c6ccccc6ccc54)cc3)c3cc4ccccc4c4ccccc34)c2)cc1. The third-order valence-corrected chi connectivity index (χ3v) is 12.5. The van der Waals surface area contributed by atoms with Gasteiger partial charge in [0.2, 0.25) is 0 Å². The zero-order valence-corrected chi connectivity index (χ0v) is 34.0. The number of aromatic nitrogens is 1. The van der Waals surface area contributed by atoms with Crippen LogP contribution < -0.4 is 4.90 Å². The second-order valence-corrected chi connectivity index (χ2v) is 16.1. The summed E-state index contributed by atoms with van der Waals surface area (Å²) in [4.78, 5) is 2.43. The van der Waals surface area contributed by atoms with Gasteiger partial charge in [0.1, 0.15) is 0 Å². The molecule has 0 unspecified atom stereocenters. The van der Waals surface area contributed by atoms with Gasteiger partial charge in [-0.3, -0.25) is 0 Å². The molecule has 12 aromatic rings. The van der Waals surface area contributed by atoms with Crippen molar-refractivity contribution in [2.75, 3.05) is 4.90 Å². The minimum atomic E-state index is 1.09. The molecule has 62 heavy (non-hydrogen) atoms. The van der Waals surface area contributed by atoms with Crippen molar-refractivity contribution in [1.29, 1.82) is 0 Å². The van der Waals surface area contributed by atoms with E-state index in [0.29, 0.717) is 0 Å². The second kappa shape index (κ2) is 14.8. The van der Waals surface area contributed by atoms with E-state index < -0.39 is 0 Å². The molecule has 2 heteroatoms. The number of hydrogen-bond donors (Lipinski definition) is 0. The minimum absolute atomic E-state index is 1.09. The normalized spacial score (nSPS) is 11.5. The molecule has 1 aromatic heterocycles. The fraction of sp³-hybridized carbons (Fsp3) is 0. The Bertz CT molecular complexity index is 3620. The van der Waals surface area contributed by atoms with E-state index in [9.17, 15) is 0 Å². The standard InChI is InChI=1S/C60H40N2/c1-3-16-41(17-4-1)45-22-15-23-49(38-45)61(59-40-47-21-8-9-24-50(47)52-26-11-12-27-53(52)59)48-34-30-44(31-35-48)55-39-46(42-18-5-2-6-19-42)33-36-57(55)62-56-29-14-13-28-54(56)60-51-25-10-7-20-43(51)32-37-58(60)62/h1-40H. The molecule has 11 aromatic carbocycles. The van der Waals surface area contributed by atoms with Gasteiger partial charge in [-0.25, -0.2) is 0 Å². The molecular formula is C60H40N2. The maximum atomic E-state index is 2.47. The van der Waals surface area contributed by atoms with Gasteiger partial charge in [-0.15, -0.1) is 0 Å². The van der Waals surface area contributed by atoms with Crippen LogP contribution in [-0.4, -0.2) is 4.57 Å². The number of benzene rings is 11. The van der Waals surface area contributed by atoms with Crippen molar-refractivity contribution < 1.29 is 0 Å². The number of hydrogen-bond acceptors (Lipinski definition) is 1. The highest BCUT2D eigenvalue weighted by atomic mass is 15.1. The van der Waals surface area contributed by atoms with E-state index in [-0.39, 0.29) is 0 Å². The van der Waals surface area contributed by atoms with Crippen molar-refractivity contribution in [3.8, 4) is 39.1 Å². The van der Waals surface area contributed by atoms with Crippen LogP contribution in [0, 0.1) is 0 Å². The van der Waals surface area contributed by atoms with Gasteiger partial charge in [-0.05, 0) is 109 Å². The number of fused-ring (bicyclic) bond motifs is 8. The molecule has 0 bridgehead atoms. The predicted molar refractivity (Wildman–Crippen MR) is 264 cm³/mol. The van der Waals surface area contributed by atoms with Crippen LogP contribution in [0.1, 0.15) is 0 Å². The largest absolute Gasteiger partial charge is 0.310 e. The van der Waals surface area contributed by atoms with Crippen LogP contribution in [0.3, 0.4) is 0 Å². The molecular weight excluding hydrogens is 749 g/mol. The van der Waals surface area contributed by atoms with Crippen LogP contribution in [0.4, 0.5) is 17.1 Å². The number of rotatable bonds is 7. The van der Waals surface area contributed by atoms with Gasteiger partial charge in [0.25, 0.3) is 0 Å². The zero-order chi connectivity index (χ0) is 41.0. The fourth-order valence-electron chi connectivity index (χ4n) is 9.66. The van der Waals surface area contributed by atoms with E-state index in [1.807, 2.05) is 0 Å². The van der Waals surface area contributed by atoms with Crippen LogP contribution in [0.5, 0.6) is 0 Å². The molecule has 0 aliphatic rings. The van der Waals surface area contributed by atoms with E-state index >= 15 is 0 Å². The molecule has 0 saturated carbocycles. The molecule has 0 aliphatic carbocycles. The summed E-state index contributed by atoms with van der Waals surface area (Å²) in [5, 5.41) is 9.96. The fourth-order valence-corrected chi connectivity index (χ4v) is 9.66. The van der Waals surface area contributed by atoms with Gasteiger partial charge < -0.3 is 9.47 Å². The summed E-state index contributed by atoms with van der Waals surface area (Å²) < 4.78 is 2.47. The summed E-state index contributed by atoms with van der Waals surface area (Å²) >= 11 is 0. The van der Waals surface area contributed by atoms with Crippen molar-refractivity contribution in [3.63, 3.8) is 0 Å². The monoisotopic (exact) mass is 788 g/mol. The van der Waals surface area contributed by atoms with Crippen LogP contribution in [-0.2, 0) is 0 Å². The lowest BCUT2D eigenvalue weighted by Gasteiger charge is -2.28. The van der Waals surface area contributed by atoms with E-state index in [2.05, 4.69) is 252 Å². The number of para-hydroxylation sites is 1.